The van der Waals surface area contributed by atoms with E-state index < -0.39 is 0 Å². The highest BCUT2D eigenvalue weighted by Gasteiger charge is 2.22. The third-order valence-corrected chi connectivity index (χ3v) is 2.99. The molecule has 0 saturated carbocycles. The maximum atomic E-state index is 4.60. The Hall–Kier alpha value is -0.830. The Kier molecular flexibility index (Phi) is 2.35. The summed E-state index contributed by atoms with van der Waals surface area (Å²) in [5.41, 5.74) is 4.21. The van der Waals surface area contributed by atoms with Gasteiger partial charge in [-0.25, -0.2) is 0 Å². The van der Waals surface area contributed by atoms with E-state index in [9.17, 15) is 0 Å². The number of aromatic nitrogens is 2. The molecule has 0 saturated heterocycles. The summed E-state index contributed by atoms with van der Waals surface area (Å²) in [4.78, 5) is 2.33. The van der Waals surface area contributed by atoms with E-state index >= 15 is 0 Å². The molecule has 0 radical (unpaired) electrons. The lowest BCUT2D eigenvalue weighted by molar-refractivity contribution is 0.308. The fraction of sp³-hybridized carbons (Fsp3) is 0.727. The van der Waals surface area contributed by atoms with E-state index in [1.54, 1.807) is 0 Å². The van der Waals surface area contributed by atoms with Gasteiger partial charge in [0.25, 0.3) is 0 Å². The molecule has 0 bridgehead atoms. The van der Waals surface area contributed by atoms with Crippen molar-refractivity contribution in [2.75, 3.05) is 13.6 Å². The molecule has 3 nitrogen and oxygen atoms in total. The summed E-state index contributed by atoms with van der Waals surface area (Å²) < 4.78 is 2.06. The second kappa shape index (κ2) is 3.39. The minimum Gasteiger partial charge on any atom is -0.300 e. The first-order chi connectivity index (χ1) is 6.59. The van der Waals surface area contributed by atoms with Crippen LogP contribution in [0, 0.1) is 0 Å². The van der Waals surface area contributed by atoms with Gasteiger partial charge in [-0.15, -0.1) is 0 Å². The van der Waals surface area contributed by atoms with Crippen molar-refractivity contribution in [1.82, 2.24) is 14.7 Å². The smallest absolute Gasteiger partial charge is 0.0799 e. The molecule has 2 rings (SSSR count). The molecule has 0 aliphatic carbocycles. The molecule has 1 aliphatic rings. The van der Waals surface area contributed by atoms with Crippen LogP contribution < -0.4 is 0 Å². The third kappa shape index (κ3) is 1.46. The molecular formula is C11H19N3. The van der Waals surface area contributed by atoms with Crippen LogP contribution in [-0.2, 0) is 20.0 Å². The van der Waals surface area contributed by atoms with E-state index in [1.807, 2.05) is 0 Å². The van der Waals surface area contributed by atoms with Gasteiger partial charge in [-0.3, -0.25) is 4.68 Å². The number of likely N-dealkylation sites (N-methyl/N-ethyl adjacent to an activating group) is 1. The molecule has 1 aromatic heterocycles. The highest BCUT2D eigenvalue weighted by Crippen LogP contribution is 2.26. The van der Waals surface area contributed by atoms with Crippen molar-refractivity contribution in [2.45, 2.75) is 32.7 Å². The highest BCUT2D eigenvalue weighted by molar-refractivity contribution is 5.30. The second-order valence-corrected chi connectivity index (χ2v) is 4.58. The maximum absolute atomic E-state index is 4.60. The zero-order chi connectivity index (χ0) is 10.3. The molecule has 1 aliphatic heterocycles. The quantitative estimate of drug-likeness (QED) is 0.674. The normalized spacial score (nSPS) is 17.5. The molecule has 0 aromatic carbocycles. The molecule has 2 heterocycles. The summed E-state index contributed by atoms with van der Waals surface area (Å²) in [6.45, 7) is 6.67. The molecule has 78 valence electrons. The monoisotopic (exact) mass is 193 g/mol. The molecule has 0 fully saturated rings. The molecule has 0 atom stereocenters. The van der Waals surface area contributed by atoms with E-state index in [2.05, 4.69) is 42.6 Å². The van der Waals surface area contributed by atoms with Crippen molar-refractivity contribution in [1.29, 1.82) is 0 Å². The number of hydrogen-bond donors (Lipinski definition) is 0. The van der Waals surface area contributed by atoms with E-state index in [4.69, 9.17) is 0 Å². The SMILES string of the molecule is CC(C)c1c2c(nn1C)CN(C)CC2. The average molecular weight is 193 g/mol. The molecule has 1 aromatic rings. The molecule has 14 heavy (non-hydrogen) atoms. The highest BCUT2D eigenvalue weighted by atomic mass is 15.3. The Morgan fingerprint density at radius 3 is 2.64 bits per heavy atom. The van der Waals surface area contributed by atoms with Crippen LogP contribution in [0.15, 0.2) is 0 Å². The van der Waals surface area contributed by atoms with Gasteiger partial charge in [-0.1, -0.05) is 13.8 Å². The first-order valence-electron chi connectivity index (χ1n) is 5.32. The predicted octanol–water partition coefficient (Wildman–Crippen LogP) is 1.53. The lowest BCUT2D eigenvalue weighted by atomic mass is 9.98. The van der Waals surface area contributed by atoms with Crippen LogP contribution in [0.5, 0.6) is 0 Å². The van der Waals surface area contributed by atoms with Crippen LogP contribution in [0.3, 0.4) is 0 Å². The van der Waals surface area contributed by atoms with Gasteiger partial charge in [-0.05, 0) is 24.9 Å². The second-order valence-electron chi connectivity index (χ2n) is 4.58. The van der Waals surface area contributed by atoms with Crippen molar-refractivity contribution in [3.8, 4) is 0 Å². The molecule has 0 spiro atoms. The number of rotatable bonds is 1. The molecule has 0 unspecified atom stereocenters. The molecule has 0 amide bonds. The van der Waals surface area contributed by atoms with Crippen LogP contribution in [0.25, 0.3) is 0 Å². The van der Waals surface area contributed by atoms with Gasteiger partial charge in [0.15, 0.2) is 0 Å². The standard InChI is InChI=1S/C11H19N3/c1-8(2)11-9-5-6-13(3)7-10(9)12-14(11)4/h8H,5-7H2,1-4H3. The van der Waals surface area contributed by atoms with Gasteiger partial charge in [0.05, 0.1) is 5.69 Å². The molecule has 3 heteroatoms. The van der Waals surface area contributed by atoms with Crippen molar-refractivity contribution in [3.63, 3.8) is 0 Å². The number of nitrogens with zero attached hydrogens (tertiary/aromatic N) is 3. The Morgan fingerprint density at radius 2 is 2.00 bits per heavy atom. The van der Waals surface area contributed by atoms with Crippen LogP contribution >= 0.6 is 0 Å². The van der Waals surface area contributed by atoms with Gasteiger partial charge < -0.3 is 4.90 Å². The fourth-order valence-electron chi connectivity index (χ4n) is 2.40. The van der Waals surface area contributed by atoms with Crippen LogP contribution in [0.4, 0.5) is 0 Å². The molecular weight excluding hydrogens is 174 g/mol. The van der Waals surface area contributed by atoms with Gasteiger partial charge in [0, 0.05) is 25.8 Å². The Morgan fingerprint density at radius 1 is 1.29 bits per heavy atom. The summed E-state index contributed by atoms with van der Waals surface area (Å²) in [5, 5.41) is 4.60. The summed E-state index contributed by atoms with van der Waals surface area (Å²) in [7, 11) is 4.22. The minimum atomic E-state index is 0.583. The first-order valence-corrected chi connectivity index (χ1v) is 5.32. The largest absolute Gasteiger partial charge is 0.300 e. The number of hydrogen-bond acceptors (Lipinski definition) is 2. The fourth-order valence-corrected chi connectivity index (χ4v) is 2.40. The summed E-state index contributed by atoms with van der Waals surface area (Å²) in [5.74, 6) is 0.583. The van der Waals surface area contributed by atoms with Gasteiger partial charge >= 0.3 is 0 Å². The van der Waals surface area contributed by atoms with E-state index in [0.29, 0.717) is 5.92 Å². The average Bonchev–Trinajstić information content (AvgIpc) is 2.39. The van der Waals surface area contributed by atoms with E-state index in [0.717, 1.165) is 13.0 Å². The van der Waals surface area contributed by atoms with Crippen LogP contribution in [0.1, 0.15) is 36.7 Å². The van der Waals surface area contributed by atoms with E-state index in [1.165, 1.54) is 23.5 Å². The summed E-state index contributed by atoms with van der Waals surface area (Å²) in [6, 6.07) is 0. The zero-order valence-electron chi connectivity index (χ0n) is 9.54. The zero-order valence-corrected chi connectivity index (χ0v) is 9.54. The lowest BCUT2D eigenvalue weighted by Crippen LogP contribution is -2.26. The maximum Gasteiger partial charge on any atom is 0.0799 e. The van der Waals surface area contributed by atoms with Crippen LogP contribution in [0.2, 0.25) is 0 Å². The van der Waals surface area contributed by atoms with E-state index in [-0.39, 0.29) is 0 Å². The van der Waals surface area contributed by atoms with Crippen molar-refractivity contribution < 1.29 is 0 Å². The summed E-state index contributed by atoms with van der Waals surface area (Å²) >= 11 is 0. The lowest BCUT2D eigenvalue weighted by Gasteiger charge is -2.22. The van der Waals surface area contributed by atoms with Crippen LogP contribution in [-0.4, -0.2) is 28.3 Å². The number of fused-ring (bicyclic) bond motifs is 1. The number of aryl methyl sites for hydroxylation is 1. The van der Waals surface area contributed by atoms with Crippen molar-refractivity contribution >= 4 is 0 Å². The third-order valence-electron chi connectivity index (χ3n) is 2.99. The Bertz CT molecular complexity index is 339. The topological polar surface area (TPSA) is 21.1 Å². The predicted molar refractivity (Wildman–Crippen MR) is 57.3 cm³/mol. The Balaban J connectivity index is 2.43. The van der Waals surface area contributed by atoms with Gasteiger partial charge in [0.2, 0.25) is 0 Å². The molecule has 0 N–H and O–H groups in total. The van der Waals surface area contributed by atoms with Gasteiger partial charge in [0.1, 0.15) is 0 Å². The first kappa shape index (κ1) is 9.71. The van der Waals surface area contributed by atoms with Crippen molar-refractivity contribution in [3.05, 3.63) is 17.0 Å². The minimum absolute atomic E-state index is 0.583. The van der Waals surface area contributed by atoms with Gasteiger partial charge in [-0.2, -0.15) is 5.10 Å². The van der Waals surface area contributed by atoms with Crippen molar-refractivity contribution in [2.24, 2.45) is 7.05 Å². The Labute approximate surface area is 85.7 Å². The summed E-state index contributed by atoms with van der Waals surface area (Å²) in [6.07, 6.45) is 1.16.